The number of hydrogen-bond donors (Lipinski definition) is 0. The zero-order chi connectivity index (χ0) is 16.7. The number of aromatic nitrogens is 6. The van der Waals surface area contributed by atoms with Gasteiger partial charge in [-0.05, 0) is 47.0 Å². The maximum absolute atomic E-state index is 12.4. The molecular formula is C15H12N6O2S. The Bertz CT molecular complexity index is 1140. The fourth-order valence-corrected chi connectivity index (χ4v) is 3.17. The number of thiophene rings is 1. The molecule has 0 aliphatic rings. The molecule has 9 heteroatoms. The first-order valence-corrected chi connectivity index (χ1v) is 8.06. The number of nitrogens with zero attached hydrogens (tertiary/aromatic N) is 6. The van der Waals surface area contributed by atoms with Gasteiger partial charge >= 0.3 is 5.69 Å². The summed E-state index contributed by atoms with van der Waals surface area (Å²) >= 11 is 1.39. The minimum absolute atomic E-state index is 0.0872. The Balaban J connectivity index is 1.76. The molecule has 0 N–H and O–H groups in total. The van der Waals surface area contributed by atoms with Crippen molar-refractivity contribution in [2.45, 2.75) is 13.5 Å². The maximum atomic E-state index is 12.4. The van der Waals surface area contributed by atoms with Crippen LogP contribution in [0.3, 0.4) is 0 Å². The third-order valence-corrected chi connectivity index (χ3v) is 4.44. The Kier molecular flexibility index (Phi) is 3.35. The van der Waals surface area contributed by atoms with Crippen molar-refractivity contribution in [3.63, 3.8) is 0 Å². The minimum Gasteiger partial charge on any atom is -0.269 e. The van der Waals surface area contributed by atoms with Gasteiger partial charge in [0.25, 0.3) is 5.56 Å². The monoisotopic (exact) mass is 340 g/mol. The van der Waals surface area contributed by atoms with Crippen molar-refractivity contribution in [2.24, 2.45) is 0 Å². The molecule has 4 aromatic rings. The summed E-state index contributed by atoms with van der Waals surface area (Å²) in [4.78, 5) is 29.1. The number of pyridine rings is 1. The molecule has 0 amide bonds. The van der Waals surface area contributed by atoms with Crippen LogP contribution in [0.15, 0.2) is 51.4 Å². The smallest absolute Gasteiger partial charge is 0.269 e. The first-order chi connectivity index (χ1) is 11.6. The van der Waals surface area contributed by atoms with Gasteiger partial charge in [0.2, 0.25) is 0 Å². The second kappa shape index (κ2) is 5.53. The van der Waals surface area contributed by atoms with Crippen LogP contribution in [0.25, 0.3) is 10.6 Å². The number of rotatable bonds is 3. The third kappa shape index (κ3) is 2.35. The maximum Gasteiger partial charge on any atom is 0.369 e. The van der Waals surface area contributed by atoms with Crippen molar-refractivity contribution in [3.05, 3.63) is 74.0 Å². The first-order valence-electron chi connectivity index (χ1n) is 7.18. The average Bonchev–Trinajstić information content (AvgIpc) is 3.18. The van der Waals surface area contributed by atoms with E-state index >= 15 is 0 Å². The lowest BCUT2D eigenvalue weighted by molar-refractivity contribution is 0.620. The zero-order valence-electron chi connectivity index (χ0n) is 12.7. The molecule has 120 valence electrons. The van der Waals surface area contributed by atoms with Crippen molar-refractivity contribution in [1.82, 2.24) is 29.2 Å². The zero-order valence-corrected chi connectivity index (χ0v) is 13.5. The first kappa shape index (κ1) is 14.5. The summed E-state index contributed by atoms with van der Waals surface area (Å²) in [5.41, 5.74) is 1.25. The Morgan fingerprint density at radius 3 is 2.79 bits per heavy atom. The van der Waals surface area contributed by atoms with Gasteiger partial charge in [-0.2, -0.15) is 9.36 Å². The van der Waals surface area contributed by atoms with Gasteiger partial charge in [-0.15, -0.1) is 11.3 Å². The van der Waals surface area contributed by atoms with Gasteiger partial charge in [-0.1, -0.05) is 6.07 Å². The van der Waals surface area contributed by atoms with E-state index in [1.807, 2.05) is 30.5 Å². The van der Waals surface area contributed by atoms with E-state index in [1.165, 1.54) is 31.2 Å². The van der Waals surface area contributed by atoms with Crippen LogP contribution >= 0.6 is 11.3 Å². The van der Waals surface area contributed by atoms with E-state index in [2.05, 4.69) is 15.4 Å². The largest absolute Gasteiger partial charge is 0.369 e. The summed E-state index contributed by atoms with van der Waals surface area (Å²) in [6, 6.07) is 10.5. The second-order valence-corrected chi connectivity index (χ2v) is 6.15. The normalized spacial score (nSPS) is 11.2. The number of hydrogen-bond acceptors (Lipinski definition) is 6. The molecule has 0 bridgehead atoms. The van der Waals surface area contributed by atoms with E-state index in [0.29, 0.717) is 16.3 Å². The fourth-order valence-electron chi connectivity index (χ4n) is 2.50. The SMILES string of the molecule is Cc1cccc2nc(Cn3nnn(-c4cccs4)c3=O)cc(=O)n12. The van der Waals surface area contributed by atoms with Crippen molar-refractivity contribution >= 4 is 17.0 Å². The molecule has 24 heavy (non-hydrogen) atoms. The van der Waals surface area contributed by atoms with Crippen molar-refractivity contribution in [1.29, 1.82) is 0 Å². The van der Waals surface area contributed by atoms with Crippen molar-refractivity contribution < 1.29 is 0 Å². The van der Waals surface area contributed by atoms with Crippen LogP contribution in [-0.4, -0.2) is 29.2 Å². The molecule has 0 aromatic carbocycles. The molecule has 4 aromatic heterocycles. The highest BCUT2D eigenvalue weighted by molar-refractivity contribution is 7.12. The van der Waals surface area contributed by atoms with E-state index in [0.717, 1.165) is 5.69 Å². The van der Waals surface area contributed by atoms with Crippen molar-refractivity contribution in [2.75, 3.05) is 0 Å². The summed E-state index contributed by atoms with van der Waals surface area (Å²) in [5.74, 6) is 0. The second-order valence-electron chi connectivity index (χ2n) is 5.23. The Hall–Kier alpha value is -3.07. The highest BCUT2D eigenvalue weighted by atomic mass is 32.1. The fraction of sp³-hybridized carbons (Fsp3) is 0.133. The summed E-state index contributed by atoms with van der Waals surface area (Å²) in [7, 11) is 0. The van der Waals surface area contributed by atoms with E-state index in [9.17, 15) is 9.59 Å². The van der Waals surface area contributed by atoms with Gasteiger partial charge in [-0.3, -0.25) is 9.20 Å². The molecular weight excluding hydrogens is 328 g/mol. The van der Waals surface area contributed by atoms with Crippen LogP contribution < -0.4 is 11.2 Å². The lowest BCUT2D eigenvalue weighted by Gasteiger charge is -2.05. The lowest BCUT2D eigenvalue weighted by Crippen LogP contribution is -2.26. The molecule has 8 nitrogen and oxygen atoms in total. The van der Waals surface area contributed by atoms with E-state index in [-0.39, 0.29) is 17.8 Å². The standard InChI is InChI=1S/C15H12N6O2S/c1-10-4-2-5-12-16-11(8-13(22)20(10)12)9-19-15(23)21(18-17-19)14-6-3-7-24-14/h2-8H,9H2,1H3. The third-order valence-electron chi connectivity index (χ3n) is 3.60. The Morgan fingerprint density at radius 2 is 2.00 bits per heavy atom. The van der Waals surface area contributed by atoms with Gasteiger partial charge < -0.3 is 0 Å². The molecule has 0 aliphatic carbocycles. The average molecular weight is 340 g/mol. The van der Waals surface area contributed by atoms with Crippen LogP contribution in [0.5, 0.6) is 0 Å². The molecule has 0 spiro atoms. The molecule has 0 saturated carbocycles. The van der Waals surface area contributed by atoms with Gasteiger partial charge in [-0.25, -0.2) is 9.78 Å². The van der Waals surface area contributed by atoms with Crippen LogP contribution in [-0.2, 0) is 6.54 Å². The van der Waals surface area contributed by atoms with Gasteiger partial charge in [0.1, 0.15) is 10.6 Å². The number of aryl methyl sites for hydroxylation is 1. The van der Waals surface area contributed by atoms with Gasteiger partial charge in [0.15, 0.2) is 0 Å². The predicted molar refractivity (Wildman–Crippen MR) is 88.8 cm³/mol. The Labute approximate surface area is 139 Å². The molecule has 0 saturated heterocycles. The topological polar surface area (TPSA) is 87.1 Å². The number of fused-ring (bicyclic) bond motifs is 1. The molecule has 0 atom stereocenters. The minimum atomic E-state index is -0.372. The van der Waals surface area contributed by atoms with E-state index < -0.39 is 0 Å². The van der Waals surface area contributed by atoms with Crippen LogP contribution in [0.1, 0.15) is 11.4 Å². The van der Waals surface area contributed by atoms with Crippen LogP contribution in [0, 0.1) is 6.92 Å². The van der Waals surface area contributed by atoms with Crippen molar-refractivity contribution in [3.8, 4) is 5.00 Å². The highest BCUT2D eigenvalue weighted by Gasteiger charge is 2.12. The molecule has 4 heterocycles. The predicted octanol–water partition coefficient (Wildman–Crippen LogP) is 0.855. The molecule has 0 radical (unpaired) electrons. The Morgan fingerprint density at radius 1 is 1.12 bits per heavy atom. The van der Waals surface area contributed by atoms with Crippen LogP contribution in [0.2, 0.25) is 0 Å². The summed E-state index contributed by atoms with van der Waals surface area (Å²) in [5, 5.41) is 10.3. The quantitative estimate of drug-likeness (QED) is 0.552. The molecule has 0 aliphatic heterocycles. The summed E-state index contributed by atoms with van der Waals surface area (Å²) in [6.07, 6.45) is 0. The molecule has 4 rings (SSSR count). The summed E-state index contributed by atoms with van der Waals surface area (Å²) in [6.45, 7) is 1.93. The van der Waals surface area contributed by atoms with E-state index in [1.54, 1.807) is 12.1 Å². The van der Waals surface area contributed by atoms with Crippen LogP contribution in [0.4, 0.5) is 0 Å². The molecule has 0 unspecified atom stereocenters. The van der Waals surface area contributed by atoms with E-state index in [4.69, 9.17) is 0 Å². The summed E-state index contributed by atoms with van der Waals surface area (Å²) < 4.78 is 3.94. The highest BCUT2D eigenvalue weighted by Crippen LogP contribution is 2.10. The van der Waals surface area contributed by atoms with Gasteiger partial charge in [0.05, 0.1) is 12.2 Å². The lowest BCUT2D eigenvalue weighted by atomic mass is 10.3. The molecule has 0 fully saturated rings. The number of tetrazole rings is 1. The van der Waals surface area contributed by atoms with Gasteiger partial charge in [0, 0.05) is 11.8 Å².